The smallest absolute Gasteiger partial charge is 0.458 e. The fourth-order valence-corrected chi connectivity index (χ4v) is 10.9. The predicted octanol–water partition coefficient (Wildman–Crippen LogP) is 6.89. The van der Waals surface area contributed by atoms with Crippen molar-refractivity contribution in [1.29, 1.82) is 0 Å². The number of aliphatic hydroxyl groups excluding tert-OH is 1. The van der Waals surface area contributed by atoms with Crippen LogP contribution in [0.25, 0.3) is 0 Å². The molecule has 2 bridgehead atoms. The van der Waals surface area contributed by atoms with Gasteiger partial charge in [0.2, 0.25) is 0 Å². The average molecular weight is 891 g/mol. The van der Waals surface area contributed by atoms with Crippen LogP contribution in [0.4, 0.5) is 0 Å². The Morgan fingerprint density at radius 3 is 1.92 bits per heavy atom. The van der Waals surface area contributed by atoms with Gasteiger partial charge in [-0.25, -0.2) is 9.36 Å². The molecule has 3 fully saturated rings. The lowest BCUT2D eigenvalue weighted by atomic mass is 9.44. The fraction of sp³-hybridized carbons (Fsp3) is 0.521. The van der Waals surface area contributed by atoms with Crippen molar-refractivity contribution in [1.82, 2.24) is 0 Å². The highest BCUT2D eigenvalue weighted by Gasteiger charge is 2.76. The Kier molecular flexibility index (Phi) is 13.4. The number of benzene rings is 3. The van der Waals surface area contributed by atoms with Crippen LogP contribution in [-0.2, 0) is 59.9 Å². The van der Waals surface area contributed by atoms with E-state index < -0.39 is 96.7 Å². The first-order valence-electron chi connectivity index (χ1n) is 21.5. The van der Waals surface area contributed by atoms with Crippen LogP contribution >= 0.6 is 7.82 Å². The second-order valence-electron chi connectivity index (χ2n) is 18.4. The van der Waals surface area contributed by atoms with Crippen molar-refractivity contribution < 1.29 is 66.8 Å². The normalized spacial score (nSPS) is 31.8. The molecule has 63 heavy (non-hydrogen) atoms. The van der Waals surface area contributed by atoms with Gasteiger partial charge in [0.25, 0.3) is 0 Å². The minimum atomic E-state index is -4.39. The quantitative estimate of drug-likeness (QED) is 0.0618. The van der Waals surface area contributed by atoms with E-state index in [0.29, 0.717) is 16.7 Å². The zero-order chi connectivity index (χ0) is 45.5. The first-order valence-corrected chi connectivity index (χ1v) is 22.9. The molecule has 0 radical (unpaired) electrons. The number of fused-ring (bicyclic) bond motifs is 5. The Balaban J connectivity index is 1.29. The largest absolute Gasteiger partial charge is 0.477 e. The summed E-state index contributed by atoms with van der Waals surface area (Å²) >= 11 is 0. The topological polar surface area (TPSA) is 194 Å². The lowest BCUT2D eigenvalue weighted by Gasteiger charge is -2.67. The van der Waals surface area contributed by atoms with Crippen molar-refractivity contribution >= 4 is 25.5 Å². The molecule has 3 aliphatic carbocycles. The van der Waals surface area contributed by atoms with E-state index in [2.05, 4.69) is 0 Å². The third kappa shape index (κ3) is 8.62. The summed E-state index contributed by atoms with van der Waals surface area (Å²) in [6, 6.07) is 26.1. The highest BCUT2D eigenvalue weighted by molar-refractivity contribution is 7.48. The summed E-state index contributed by atoms with van der Waals surface area (Å²) in [5.41, 5.74) is -5.61. The number of hydrogen-bond acceptors (Lipinski definition) is 14. The fourth-order valence-electron chi connectivity index (χ4n) is 9.86. The summed E-state index contributed by atoms with van der Waals surface area (Å²) < 4.78 is 56.5. The molecule has 2 saturated carbocycles. The molecule has 8 unspecified atom stereocenters. The van der Waals surface area contributed by atoms with E-state index in [1.54, 1.807) is 94.4 Å². The van der Waals surface area contributed by atoms with Gasteiger partial charge in [-0.15, -0.1) is 0 Å². The second kappa shape index (κ2) is 18.1. The Morgan fingerprint density at radius 2 is 1.40 bits per heavy atom. The summed E-state index contributed by atoms with van der Waals surface area (Å²) in [5.74, 6) is -4.33. The van der Waals surface area contributed by atoms with Gasteiger partial charge in [-0.3, -0.25) is 23.2 Å². The molecule has 340 valence electrons. The van der Waals surface area contributed by atoms with Crippen LogP contribution in [0, 0.1) is 28.6 Å². The second-order valence-corrected chi connectivity index (χ2v) is 20.1. The molecule has 3 aromatic rings. The average Bonchev–Trinajstić information content (AvgIpc) is 3.26. The maximum atomic E-state index is 15.4. The predicted molar refractivity (Wildman–Crippen MR) is 228 cm³/mol. The van der Waals surface area contributed by atoms with Gasteiger partial charge in [0.15, 0.2) is 12.6 Å². The van der Waals surface area contributed by atoms with Crippen LogP contribution in [-0.4, -0.2) is 88.2 Å². The van der Waals surface area contributed by atoms with Gasteiger partial charge in [0, 0.05) is 24.2 Å². The number of hydrogen-bond donors (Lipinski definition) is 3. The van der Waals surface area contributed by atoms with E-state index in [4.69, 9.17) is 32.5 Å². The van der Waals surface area contributed by atoms with Crippen molar-refractivity contribution in [3.63, 3.8) is 0 Å². The monoisotopic (exact) mass is 890 g/mol. The molecule has 0 amide bonds. The van der Waals surface area contributed by atoms with E-state index in [0.717, 1.165) is 0 Å². The highest BCUT2D eigenvalue weighted by atomic mass is 31.2. The van der Waals surface area contributed by atoms with Gasteiger partial charge in [0.1, 0.15) is 29.5 Å². The number of ketones is 1. The number of esters is 2. The molecule has 0 spiro atoms. The molecular weight excluding hydrogens is 831 g/mol. The molecule has 7 rings (SSSR count). The molecule has 0 aromatic heterocycles. The molecule has 3 aromatic carbocycles. The number of ether oxygens (including phenoxy) is 4. The lowest BCUT2D eigenvalue weighted by Crippen LogP contribution is -2.81. The van der Waals surface area contributed by atoms with E-state index in [1.165, 1.54) is 19.1 Å². The third-order valence-corrected chi connectivity index (χ3v) is 15.5. The summed E-state index contributed by atoms with van der Waals surface area (Å²) in [5, 5.41) is 38.7. The number of carbonyl (C=O) groups is 3. The third-order valence-electron chi connectivity index (χ3n) is 14.2. The van der Waals surface area contributed by atoms with E-state index >= 15 is 4.79 Å². The number of Topliss-reactive ketones (excluding diaryl/α,β-unsaturated/α-hetero) is 1. The maximum absolute atomic E-state index is 15.4. The Morgan fingerprint density at radius 1 is 0.841 bits per heavy atom. The number of phosphoric ester groups is 1. The highest BCUT2D eigenvalue weighted by Crippen LogP contribution is 2.64. The van der Waals surface area contributed by atoms with Crippen molar-refractivity contribution in [2.75, 3.05) is 13.4 Å². The van der Waals surface area contributed by atoms with E-state index in [9.17, 15) is 29.5 Å². The van der Waals surface area contributed by atoms with E-state index in [-0.39, 0.29) is 49.7 Å². The molecule has 15 heteroatoms. The van der Waals surface area contributed by atoms with Crippen LogP contribution in [0.5, 0.6) is 0 Å². The van der Waals surface area contributed by atoms with Gasteiger partial charge in [-0.1, -0.05) is 113 Å². The van der Waals surface area contributed by atoms with Crippen LogP contribution in [0.3, 0.4) is 0 Å². The Bertz CT molecular complexity index is 2170. The zero-order valence-electron chi connectivity index (χ0n) is 36.8. The van der Waals surface area contributed by atoms with Crippen molar-refractivity contribution in [2.45, 2.75) is 116 Å². The number of phosphoric acid groups is 1. The molecule has 4 aliphatic rings. The first-order chi connectivity index (χ1) is 29.8. The molecule has 1 heterocycles. The SMILES string of the molecule is CC1=C2C(O)C(=O)[C@]3(C)C(OCOP(=O)(OCc4ccccc4)OCc4ccccc4)CC4OCC4(O)C3C(OC(=O)c3ccccc3)C(O)(CC1OC(=O)[C@H](C)C(C)C)C2(C)C. The Labute approximate surface area is 368 Å². The summed E-state index contributed by atoms with van der Waals surface area (Å²) in [4.78, 5) is 43.2. The van der Waals surface area contributed by atoms with Crippen LogP contribution in [0.2, 0.25) is 0 Å². The number of rotatable bonds is 15. The van der Waals surface area contributed by atoms with Crippen molar-refractivity contribution in [3.8, 4) is 0 Å². The zero-order valence-corrected chi connectivity index (χ0v) is 37.7. The molecule has 1 aliphatic heterocycles. The summed E-state index contributed by atoms with van der Waals surface area (Å²) in [6.45, 7) is 10.6. The van der Waals surface area contributed by atoms with Gasteiger partial charge in [-0.2, -0.15) is 0 Å². The van der Waals surface area contributed by atoms with Gasteiger partial charge < -0.3 is 34.3 Å². The minimum absolute atomic E-state index is 0.0822. The van der Waals surface area contributed by atoms with Crippen LogP contribution in [0.15, 0.2) is 102 Å². The summed E-state index contributed by atoms with van der Waals surface area (Å²) in [7, 11) is -4.39. The Hall–Kier alpha value is -4.08. The standard InChI is InChI=1S/C48H59O14P/c1-29(2)30(3)43(51)61-35-24-48(54)42(62-44(52)34-21-15-10-16-22-34)40-46(7,41(50)39(49)38(31(35)4)45(48,5)6)36(23-37-47(40,53)27-56-37)57-28-60-63(55,58-25-32-17-11-8-12-18-32)59-26-33-19-13-9-14-20-33/h8-22,29-30,35-37,39-40,42,49,53-54H,23-28H2,1-7H3/t30-,35?,36?,37?,39?,40?,42?,46-,47?,48?/m1/s1. The molecule has 14 nitrogen and oxygen atoms in total. The maximum Gasteiger partial charge on any atom is 0.477 e. The summed E-state index contributed by atoms with van der Waals surface area (Å²) in [6.07, 6.45) is -7.48. The van der Waals surface area contributed by atoms with Gasteiger partial charge in [0.05, 0.1) is 48.9 Å². The number of aliphatic hydroxyl groups is 3. The van der Waals surface area contributed by atoms with Crippen LogP contribution in [0.1, 0.15) is 82.8 Å². The van der Waals surface area contributed by atoms with Crippen molar-refractivity contribution in [3.05, 3.63) is 119 Å². The minimum Gasteiger partial charge on any atom is -0.458 e. The molecule has 3 N–H and O–H groups in total. The van der Waals surface area contributed by atoms with Crippen molar-refractivity contribution in [2.24, 2.45) is 28.6 Å². The van der Waals surface area contributed by atoms with Crippen LogP contribution < -0.4 is 0 Å². The van der Waals surface area contributed by atoms with Gasteiger partial charge >= 0.3 is 19.8 Å². The lowest BCUT2D eigenvalue weighted by molar-refractivity contribution is -0.349. The first kappa shape index (κ1) is 46.9. The number of carbonyl (C=O) groups excluding carboxylic acids is 3. The van der Waals surface area contributed by atoms with E-state index in [1.807, 2.05) is 26.0 Å². The van der Waals surface area contributed by atoms with Gasteiger partial charge in [-0.05, 0) is 54.2 Å². The molecule has 10 atom stereocenters. The molecular formula is C48H59O14P. The molecule has 1 saturated heterocycles.